The molecular formula is C20H28N2O3. The average Bonchev–Trinajstić information content (AvgIpc) is 3.34. The maximum atomic E-state index is 12.4. The molecule has 1 aliphatic carbocycles. The molecule has 2 aliphatic heterocycles. The van der Waals surface area contributed by atoms with Crippen LogP contribution in [0, 0.1) is 12.8 Å². The Morgan fingerprint density at radius 3 is 3.12 bits per heavy atom. The van der Waals surface area contributed by atoms with E-state index in [1.54, 1.807) is 0 Å². The number of aromatic nitrogens is 1. The first kappa shape index (κ1) is 17.0. The molecule has 4 rings (SSSR count). The Hall–Kier alpha value is -1.46. The number of rotatable bonds is 5. The Labute approximate surface area is 149 Å². The molecule has 2 saturated heterocycles. The molecule has 0 unspecified atom stereocenters. The first-order chi connectivity index (χ1) is 12.1. The van der Waals surface area contributed by atoms with Gasteiger partial charge in [-0.3, -0.25) is 9.78 Å². The summed E-state index contributed by atoms with van der Waals surface area (Å²) in [5.74, 6) is 0.964. The quantitative estimate of drug-likeness (QED) is 0.824. The molecule has 136 valence electrons. The van der Waals surface area contributed by atoms with Crippen LogP contribution in [0.5, 0.6) is 0 Å². The van der Waals surface area contributed by atoms with Gasteiger partial charge < -0.3 is 14.4 Å². The van der Waals surface area contributed by atoms with Gasteiger partial charge in [0.15, 0.2) is 0 Å². The zero-order valence-corrected chi connectivity index (χ0v) is 15.1. The van der Waals surface area contributed by atoms with Crippen LogP contribution in [0.2, 0.25) is 0 Å². The molecule has 1 aromatic rings. The molecule has 1 amide bonds. The fraction of sp³-hybridized carbons (Fsp3) is 0.700. The second-order valence-corrected chi connectivity index (χ2v) is 7.97. The SMILES string of the molecule is Cc1cccc(CO[C@@H]2CO[C@@]3(CCCN(C(=O)CC4CC4)C3)C2)n1. The van der Waals surface area contributed by atoms with Crippen molar-refractivity contribution in [3.63, 3.8) is 0 Å². The van der Waals surface area contributed by atoms with Gasteiger partial charge in [0.25, 0.3) is 0 Å². The van der Waals surface area contributed by atoms with Gasteiger partial charge in [0.2, 0.25) is 5.91 Å². The molecule has 0 bridgehead atoms. The minimum absolute atomic E-state index is 0.0980. The fourth-order valence-electron chi connectivity index (χ4n) is 4.09. The van der Waals surface area contributed by atoms with Crippen LogP contribution in [0.1, 0.15) is 49.9 Å². The van der Waals surface area contributed by atoms with Crippen molar-refractivity contribution >= 4 is 5.91 Å². The monoisotopic (exact) mass is 344 g/mol. The number of piperidine rings is 1. The van der Waals surface area contributed by atoms with Crippen molar-refractivity contribution in [3.05, 3.63) is 29.6 Å². The number of likely N-dealkylation sites (tertiary alicyclic amines) is 1. The van der Waals surface area contributed by atoms with E-state index in [2.05, 4.69) is 4.98 Å². The number of aryl methyl sites for hydroxylation is 1. The highest BCUT2D eigenvalue weighted by Gasteiger charge is 2.45. The lowest BCUT2D eigenvalue weighted by Gasteiger charge is -2.39. The predicted molar refractivity (Wildman–Crippen MR) is 94.0 cm³/mol. The van der Waals surface area contributed by atoms with Gasteiger partial charge >= 0.3 is 0 Å². The Bertz CT molecular complexity index is 631. The van der Waals surface area contributed by atoms with Crippen molar-refractivity contribution in [2.24, 2.45) is 5.92 Å². The van der Waals surface area contributed by atoms with Crippen molar-refractivity contribution < 1.29 is 14.3 Å². The molecule has 25 heavy (non-hydrogen) atoms. The molecular weight excluding hydrogens is 316 g/mol. The van der Waals surface area contributed by atoms with E-state index in [4.69, 9.17) is 9.47 Å². The van der Waals surface area contributed by atoms with E-state index >= 15 is 0 Å². The zero-order valence-electron chi connectivity index (χ0n) is 15.1. The van der Waals surface area contributed by atoms with Gasteiger partial charge in [-0.25, -0.2) is 0 Å². The lowest BCUT2D eigenvalue weighted by Crippen LogP contribution is -2.50. The highest BCUT2D eigenvalue weighted by atomic mass is 16.6. The first-order valence-electron chi connectivity index (χ1n) is 9.58. The lowest BCUT2D eigenvalue weighted by atomic mass is 9.89. The Balaban J connectivity index is 1.30. The molecule has 0 radical (unpaired) electrons. The molecule has 3 heterocycles. The molecule has 0 N–H and O–H groups in total. The summed E-state index contributed by atoms with van der Waals surface area (Å²) in [6, 6.07) is 6.00. The summed E-state index contributed by atoms with van der Waals surface area (Å²) >= 11 is 0. The van der Waals surface area contributed by atoms with Gasteiger partial charge in [0.1, 0.15) is 0 Å². The van der Waals surface area contributed by atoms with E-state index < -0.39 is 0 Å². The summed E-state index contributed by atoms with van der Waals surface area (Å²) in [6.45, 7) is 4.76. The number of hydrogen-bond donors (Lipinski definition) is 0. The number of carbonyl (C=O) groups excluding carboxylic acids is 1. The van der Waals surface area contributed by atoms with Crippen LogP contribution in [0.15, 0.2) is 18.2 Å². The second-order valence-electron chi connectivity index (χ2n) is 7.97. The molecule has 1 spiro atoms. The molecule has 0 aromatic carbocycles. The van der Waals surface area contributed by atoms with E-state index in [1.165, 1.54) is 12.8 Å². The third kappa shape index (κ3) is 4.21. The van der Waals surface area contributed by atoms with Crippen LogP contribution < -0.4 is 0 Å². The number of pyridine rings is 1. The van der Waals surface area contributed by atoms with Crippen molar-refractivity contribution in [1.82, 2.24) is 9.88 Å². The molecule has 1 aromatic heterocycles. The van der Waals surface area contributed by atoms with E-state index in [9.17, 15) is 4.79 Å². The Morgan fingerprint density at radius 1 is 1.44 bits per heavy atom. The van der Waals surface area contributed by atoms with Crippen LogP contribution in [-0.4, -0.2) is 47.2 Å². The van der Waals surface area contributed by atoms with Gasteiger partial charge in [-0.2, -0.15) is 0 Å². The first-order valence-corrected chi connectivity index (χ1v) is 9.58. The molecule has 5 heteroatoms. The number of amides is 1. The van der Waals surface area contributed by atoms with Gasteiger partial charge in [0, 0.05) is 31.6 Å². The van der Waals surface area contributed by atoms with Gasteiger partial charge in [-0.1, -0.05) is 6.07 Å². The fourth-order valence-corrected chi connectivity index (χ4v) is 4.09. The van der Waals surface area contributed by atoms with Crippen molar-refractivity contribution in [1.29, 1.82) is 0 Å². The maximum absolute atomic E-state index is 12.4. The third-order valence-corrected chi connectivity index (χ3v) is 5.64. The summed E-state index contributed by atoms with van der Waals surface area (Å²) < 4.78 is 12.2. The second kappa shape index (κ2) is 7.04. The lowest BCUT2D eigenvalue weighted by molar-refractivity contribution is -0.139. The van der Waals surface area contributed by atoms with Gasteiger partial charge in [-0.05, 0) is 50.7 Å². The van der Waals surface area contributed by atoms with Crippen molar-refractivity contribution in [2.45, 2.75) is 63.8 Å². The predicted octanol–water partition coefficient (Wildman–Crippen LogP) is 2.86. The number of nitrogens with zero attached hydrogens (tertiary/aromatic N) is 2. The maximum Gasteiger partial charge on any atom is 0.222 e. The number of carbonyl (C=O) groups is 1. The highest BCUT2D eigenvalue weighted by molar-refractivity contribution is 5.77. The van der Waals surface area contributed by atoms with E-state index in [0.717, 1.165) is 50.2 Å². The van der Waals surface area contributed by atoms with E-state index in [0.29, 0.717) is 25.0 Å². The van der Waals surface area contributed by atoms with Crippen LogP contribution >= 0.6 is 0 Å². The molecule has 2 atom stereocenters. The minimum Gasteiger partial charge on any atom is -0.370 e. The summed E-state index contributed by atoms with van der Waals surface area (Å²) in [5.41, 5.74) is 1.78. The average molecular weight is 344 g/mol. The summed E-state index contributed by atoms with van der Waals surface area (Å²) in [6.07, 6.45) is 6.22. The van der Waals surface area contributed by atoms with Crippen molar-refractivity contribution in [2.75, 3.05) is 19.7 Å². The van der Waals surface area contributed by atoms with E-state index in [1.807, 2.05) is 30.0 Å². The Morgan fingerprint density at radius 2 is 2.32 bits per heavy atom. The summed E-state index contributed by atoms with van der Waals surface area (Å²) in [7, 11) is 0. The topological polar surface area (TPSA) is 51.7 Å². The van der Waals surface area contributed by atoms with E-state index in [-0.39, 0.29) is 11.7 Å². The van der Waals surface area contributed by atoms with Crippen LogP contribution in [-0.2, 0) is 20.9 Å². The molecule has 3 aliphatic rings. The molecule has 1 saturated carbocycles. The standard InChI is InChI=1S/C20H28N2O3/c1-15-4-2-5-17(21-15)12-24-18-11-20(25-13-18)8-3-9-22(14-20)19(23)10-16-6-7-16/h2,4-5,16,18H,3,6-14H2,1H3/t18-,20-/m0/s1. The third-order valence-electron chi connectivity index (χ3n) is 5.64. The summed E-state index contributed by atoms with van der Waals surface area (Å²) in [4.78, 5) is 19.0. The number of ether oxygens (including phenoxy) is 2. The van der Waals surface area contributed by atoms with Crippen LogP contribution in [0.3, 0.4) is 0 Å². The molecule has 3 fully saturated rings. The minimum atomic E-state index is -0.192. The van der Waals surface area contributed by atoms with Crippen molar-refractivity contribution in [3.8, 4) is 0 Å². The van der Waals surface area contributed by atoms with Crippen LogP contribution in [0.25, 0.3) is 0 Å². The number of hydrogen-bond acceptors (Lipinski definition) is 4. The normalized spacial score (nSPS) is 29.3. The summed E-state index contributed by atoms with van der Waals surface area (Å²) in [5, 5.41) is 0. The Kier molecular flexibility index (Phi) is 4.78. The highest BCUT2D eigenvalue weighted by Crippen LogP contribution is 2.38. The van der Waals surface area contributed by atoms with Gasteiger partial charge in [-0.15, -0.1) is 0 Å². The smallest absolute Gasteiger partial charge is 0.222 e. The molecule has 5 nitrogen and oxygen atoms in total. The largest absolute Gasteiger partial charge is 0.370 e. The zero-order chi connectivity index (χ0) is 17.3. The van der Waals surface area contributed by atoms with Gasteiger partial charge in [0.05, 0.1) is 30.6 Å². The van der Waals surface area contributed by atoms with Crippen LogP contribution in [0.4, 0.5) is 0 Å².